The maximum absolute atomic E-state index is 13.4. The lowest BCUT2D eigenvalue weighted by Gasteiger charge is -2.08. The molecule has 2 nitrogen and oxygen atoms in total. The molecule has 0 aromatic heterocycles. The molecule has 0 aliphatic carbocycles. The lowest BCUT2D eigenvalue weighted by molar-refractivity contribution is 0.102. The van der Waals surface area contributed by atoms with Crippen LogP contribution in [0.4, 0.5) is 18.9 Å². The summed E-state index contributed by atoms with van der Waals surface area (Å²) in [5.41, 5.74) is -0.00671. The first-order chi connectivity index (χ1) is 8.97. The number of rotatable bonds is 2. The van der Waals surface area contributed by atoms with Crippen LogP contribution in [0.5, 0.6) is 0 Å². The summed E-state index contributed by atoms with van der Waals surface area (Å²) in [5, 5.41) is 2.28. The van der Waals surface area contributed by atoms with E-state index in [2.05, 4.69) is 21.2 Å². The van der Waals surface area contributed by atoms with Gasteiger partial charge in [0.2, 0.25) is 0 Å². The first-order valence-corrected chi connectivity index (χ1v) is 5.98. The van der Waals surface area contributed by atoms with Crippen molar-refractivity contribution in [1.29, 1.82) is 0 Å². The summed E-state index contributed by atoms with van der Waals surface area (Å²) in [5.74, 6) is -2.75. The summed E-state index contributed by atoms with van der Waals surface area (Å²) in [6.07, 6.45) is 0. The van der Waals surface area contributed by atoms with E-state index in [1.54, 1.807) is 0 Å². The Morgan fingerprint density at radius 2 is 1.63 bits per heavy atom. The Morgan fingerprint density at radius 3 is 2.26 bits per heavy atom. The number of amides is 1. The first kappa shape index (κ1) is 13.6. The van der Waals surface area contributed by atoms with Crippen LogP contribution in [0.15, 0.2) is 40.9 Å². The Hall–Kier alpha value is -1.82. The van der Waals surface area contributed by atoms with Crippen molar-refractivity contribution in [3.05, 3.63) is 63.9 Å². The monoisotopic (exact) mass is 329 g/mol. The first-order valence-electron chi connectivity index (χ1n) is 5.19. The maximum Gasteiger partial charge on any atom is 0.256 e. The number of anilines is 1. The molecule has 98 valence electrons. The molecule has 0 saturated carbocycles. The summed E-state index contributed by atoms with van der Waals surface area (Å²) in [7, 11) is 0. The molecule has 0 aliphatic heterocycles. The van der Waals surface area contributed by atoms with E-state index >= 15 is 0 Å². The Kier molecular flexibility index (Phi) is 3.90. The molecule has 1 amide bonds. The zero-order chi connectivity index (χ0) is 14.0. The molecule has 0 atom stereocenters. The summed E-state index contributed by atoms with van der Waals surface area (Å²) >= 11 is 3.04. The summed E-state index contributed by atoms with van der Waals surface area (Å²) in [4.78, 5) is 11.9. The molecule has 0 fully saturated rings. The van der Waals surface area contributed by atoms with Crippen molar-refractivity contribution in [1.82, 2.24) is 0 Å². The molecule has 0 spiro atoms. The molecule has 0 aliphatic rings. The average molecular weight is 330 g/mol. The van der Waals surface area contributed by atoms with Crippen LogP contribution >= 0.6 is 15.9 Å². The molecule has 2 aromatic carbocycles. The van der Waals surface area contributed by atoms with E-state index < -0.39 is 23.4 Å². The van der Waals surface area contributed by atoms with Crippen molar-refractivity contribution in [3.63, 3.8) is 0 Å². The minimum Gasteiger partial charge on any atom is -0.319 e. The third kappa shape index (κ3) is 3.14. The molecule has 19 heavy (non-hydrogen) atoms. The second kappa shape index (κ2) is 5.44. The number of hydrogen-bond acceptors (Lipinski definition) is 1. The maximum atomic E-state index is 13.4. The lowest BCUT2D eigenvalue weighted by Crippen LogP contribution is -2.13. The van der Waals surface area contributed by atoms with Gasteiger partial charge in [-0.05, 0) is 46.3 Å². The van der Waals surface area contributed by atoms with Crippen molar-refractivity contribution in [2.45, 2.75) is 0 Å². The molecular weight excluding hydrogens is 323 g/mol. The highest BCUT2D eigenvalue weighted by Crippen LogP contribution is 2.21. The number of halogens is 4. The van der Waals surface area contributed by atoms with Crippen molar-refractivity contribution in [2.75, 3.05) is 5.32 Å². The van der Waals surface area contributed by atoms with Gasteiger partial charge in [-0.3, -0.25) is 4.79 Å². The van der Waals surface area contributed by atoms with Gasteiger partial charge in [0.1, 0.15) is 17.5 Å². The predicted octanol–water partition coefficient (Wildman–Crippen LogP) is 4.12. The predicted molar refractivity (Wildman–Crippen MR) is 68.4 cm³/mol. The van der Waals surface area contributed by atoms with E-state index in [9.17, 15) is 18.0 Å². The molecule has 0 unspecified atom stereocenters. The van der Waals surface area contributed by atoms with Crippen molar-refractivity contribution < 1.29 is 18.0 Å². The fourth-order valence-corrected chi connectivity index (χ4v) is 1.99. The van der Waals surface area contributed by atoms with E-state index in [0.717, 1.165) is 24.3 Å². The highest BCUT2D eigenvalue weighted by Gasteiger charge is 2.13. The Morgan fingerprint density at radius 1 is 1.00 bits per heavy atom. The van der Waals surface area contributed by atoms with E-state index in [0.29, 0.717) is 6.07 Å². The Balaban J connectivity index is 2.25. The third-order valence-corrected chi connectivity index (χ3v) is 3.01. The molecular formula is C13H7BrF3NO. The van der Waals surface area contributed by atoms with Gasteiger partial charge in [0.15, 0.2) is 0 Å². The highest BCUT2D eigenvalue weighted by molar-refractivity contribution is 9.10. The Labute approximate surface area is 115 Å². The van der Waals surface area contributed by atoms with Gasteiger partial charge in [0.05, 0.1) is 11.3 Å². The van der Waals surface area contributed by atoms with Crippen LogP contribution in [-0.2, 0) is 0 Å². The van der Waals surface area contributed by atoms with Crippen LogP contribution in [0.3, 0.4) is 0 Å². The van der Waals surface area contributed by atoms with Gasteiger partial charge in [-0.25, -0.2) is 13.2 Å². The second-order valence-electron chi connectivity index (χ2n) is 3.70. The third-order valence-electron chi connectivity index (χ3n) is 2.36. The van der Waals surface area contributed by atoms with Gasteiger partial charge in [-0.1, -0.05) is 0 Å². The topological polar surface area (TPSA) is 29.1 Å². The molecule has 0 saturated heterocycles. The van der Waals surface area contributed by atoms with Crippen LogP contribution in [-0.4, -0.2) is 5.91 Å². The van der Waals surface area contributed by atoms with E-state index in [-0.39, 0.29) is 15.7 Å². The minimum atomic E-state index is -0.883. The molecule has 0 bridgehead atoms. The van der Waals surface area contributed by atoms with Crippen LogP contribution in [0.25, 0.3) is 0 Å². The van der Waals surface area contributed by atoms with Gasteiger partial charge < -0.3 is 5.32 Å². The van der Waals surface area contributed by atoms with E-state index in [1.807, 2.05) is 0 Å². The van der Waals surface area contributed by atoms with Gasteiger partial charge in [-0.2, -0.15) is 0 Å². The molecule has 2 rings (SSSR count). The molecule has 0 heterocycles. The van der Waals surface area contributed by atoms with Gasteiger partial charge >= 0.3 is 0 Å². The van der Waals surface area contributed by atoms with E-state index in [4.69, 9.17) is 0 Å². The fourth-order valence-electron chi connectivity index (χ4n) is 1.45. The largest absolute Gasteiger partial charge is 0.319 e. The number of carbonyl (C=O) groups excluding carboxylic acids is 1. The van der Waals surface area contributed by atoms with Gasteiger partial charge in [-0.15, -0.1) is 0 Å². The van der Waals surface area contributed by atoms with Gasteiger partial charge in [0.25, 0.3) is 5.91 Å². The Bertz CT molecular complexity index is 646. The van der Waals surface area contributed by atoms with Crippen molar-refractivity contribution in [3.8, 4) is 0 Å². The summed E-state index contributed by atoms with van der Waals surface area (Å²) in [6, 6.07) is 6.29. The van der Waals surface area contributed by atoms with Crippen LogP contribution in [0, 0.1) is 17.5 Å². The standard InChI is InChI=1S/C13H7BrF3NO/c14-10-5-7(15)1-3-9(10)13(19)18-12-4-2-8(16)6-11(12)17/h1-6H,(H,18,19). The summed E-state index contributed by atoms with van der Waals surface area (Å²) < 4.78 is 39.2. The van der Waals surface area contributed by atoms with E-state index in [1.165, 1.54) is 6.07 Å². The molecule has 6 heteroatoms. The van der Waals surface area contributed by atoms with Crippen LogP contribution in [0.1, 0.15) is 10.4 Å². The summed E-state index contributed by atoms with van der Waals surface area (Å²) in [6.45, 7) is 0. The zero-order valence-corrected chi connectivity index (χ0v) is 11.0. The van der Waals surface area contributed by atoms with Gasteiger partial charge in [0, 0.05) is 10.5 Å². The van der Waals surface area contributed by atoms with Crippen molar-refractivity contribution >= 4 is 27.5 Å². The molecule has 2 aromatic rings. The second-order valence-corrected chi connectivity index (χ2v) is 4.56. The lowest BCUT2D eigenvalue weighted by atomic mass is 10.2. The van der Waals surface area contributed by atoms with Crippen molar-refractivity contribution in [2.24, 2.45) is 0 Å². The molecule has 0 radical (unpaired) electrons. The zero-order valence-electron chi connectivity index (χ0n) is 9.38. The highest BCUT2D eigenvalue weighted by atomic mass is 79.9. The fraction of sp³-hybridized carbons (Fsp3) is 0. The van der Waals surface area contributed by atoms with Crippen LogP contribution in [0.2, 0.25) is 0 Å². The average Bonchev–Trinajstić information content (AvgIpc) is 2.32. The molecule has 1 N–H and O–H groups in total. The smallest absolute Gasteiger partial charge is 0.256 e. The number of benzene rings is 2. The van der Waals surface area contributed by atoms with Crippen LogP contribution < -0.4 is 5.32 Å². The normalized spacial score (nSPS) is 10.3. The number of hydrogen-bond donors (Lipinski definition) is 1. The minimum absolute atomic E-state index is 0.144. The SMILES string of the molecule is O=C(Nc1ccc(F)cc1F)c1ccc(F)cc1Br. The number of nitrogens with one attached hydrogen (secondary N) is 1. The number of carbonyl (C=O) groups is 1. The quantitative estimate of drug-likeness (QED) is 0.882.